The first-order chi connectivity index (χ1) is 14.4. The van der Waals surface area contributed by atoms with Gasteiger partial charge < -0.3 is 16.0 Å². The van der Waals surface area contributed by atoms with Crippen LogP contribution in [0.5, 0.6) is 0 Å². The Bertz CT molecular complexity index is 897. The van der Waals surface area contributed by atoms with Crippen LogP contribution in [0.4, 0.5) is 33.3 Å². The van der Waals surface area contributed by atoms with Gasteiger partial charge in [0, 0.05) is 13.1 Å². The fourth-order valence-electron chi connectivity index (χ4n) is 2.74. The number of alkyl halides is 5. The summed E-state index contributed by atoms with van der Waals surface area (Å²) in [7, 11) is 0. The van der Waals surface area contributed by atoms with Crippen molar-refractivity contribution in [2.75, 3.05) is 29.9 Å². The quantitative estimate of drug-likeness (QED) is 0.364. The molecule has 0 aliphatic carbocycles. The van der Waals surface area contributed by atoms with E-state index in [1.54, 1.807) is 24.3 Å². The van der Waals surface area contributed by atoms with Crippen molar-refractivity contribution < 1.29 is 36.3 Å². The summed E-state index contributed by atoms with van der Waals surface area (Å²) in [6, 6.07) is 5.99. The average Bonchev–Trinajstić information content (AvgIpc) is 2.89. The van der Waals surface area contributed by atoms with Gasteiger partial charge in [0.1, 0.15) is 5.92 Å². The highest BCUT2D eigenvalue weighted by atomic mass is 19.4. The monoisotopic (exact) mass is 446 g/mol. The second-order valence-electron chi connectivity index (χ2n) is 6.81. The Kier molecular flexibility index (Phi) is 7.09. The molecule has 31 heavy (non-hydrogen) atoms. The summed E-state index contributed by atoms with van der Waals surface area (Å²) in [4.78, 5) is 37.6. The van der Waals surface area contributed by atoms with Crippen molar-refractivity contribution in [1.29, 1.82) is 0 Å². The van der Waals surface area contributed by atoms with E-state index in [1.807, 2.05) is 5.92 Å². The molecule has 0 radical (unpaired) electrons. The number of anilines is 2. The largest absolute Gasteiger partial charge is 0.455 e. The Labute approximate surface area is 174 Å². The Morgan fingerprint density at radius 3 is 2.48 bits per heavy atom. The third-order valence-electron chi connectivity index (χ3n) is 4.54. The van der Waals surface area contributed by atoms with Crippen LogP contribution in [0, 0.1) is 18.3 Å². The van der Waals surface area contributed by atoms with Crippen molar-refractivity contribution in [3.63, 3.8) is 0 Å². The smallest absolute Gasteiger partial charge is 0.381 e. The van der Waals surface area contributed by atoms with Crippen LogP contribution in [0.2, 0.25) is 0 Å². The number of amides is 3. The number of hydrogen-bond acceptors (Lipinski definition) is 4. The van der Waals surface area contributed by atoms with Crippen molar-refractivity contribution in [3.05, 3.63) is 24.3 Å². The van der Waals surface area contributed by atoms with E-state index in [4.69, 9.17) is 6.42 Å². The molecule has 0 spiro atoms. The van der Waals surface area contributed by atoms with E-state index >= 15 is 0 Å². The molecule has 1 unspecified atom stereocenters. The lowest BCUT2D eigenvalue weighted by molar-refractivity contribution is -0.278. The molecule has 1 aromatic rings. The molecule has 0 fully saturated rings. The minimum atomic E-state index is -5.83. The average molecular weight is 446 g/mol. The third kappa shape index (κ3) is 5.62. The molecule has 3 N–H and O–H groups in total. The summed E-state index contributed by atoms with van der Waals surface area (Å²) in [5.41, 5.74) is 1.05. The predicted octanol–water partition coefficient (Wildman–Crippen LogP) is 1.51. The fraction of sp³-hybridized carbons (Fsp3) is 0.421. The molecular weight excluding hydrogens is 427 g/mol. The van der Waals surface area contributed by atoms with Crippen LogP contribution in [0.3, 0.4) is 0 Å². The van der Waals surface area contributed by atoms with E-state index < -0.39 is 48.3 Å². The van der Waals surface area contributed by atoms with Gasteiger partial charge in [0.2, 0.25) is 11.8 Å². The SMILES string of the molecule is C#CC(=O)N1C[C@@H](NC(=O)C(C)C(=O)NCC(F)(F)C(F)(F)F)CNc2ccccc21. The number of para-hydroxylation sites is 2. The molecular formula is C19H19F5N4O3. The highest BCUT2D eigenvalue weighted by Gasteiger charge is 2.57. The fourth-order valence-corrected chi connectivity index (χ4v) is 2.74. The van der Waals surface area contributed by atoms with E-state index in [0.29, 0.717) is 11.4 Å². The van der Waals surface area contributed by atoms with Crippen LogP contribution in [-0.2, 0) is 14.4 Å². The normalized spacial score (nSPS) is 17.3. The van der Waals surface area contributed by atoms with E-state index in [9.17, 15) is 36.3 Å². The van der Waals surface area contributed by atoms with Crippen molar-refractivity contribution in [1.82, 2.24) is 10.6 Å². The maximum atomic E-state index is 13.0. The number of nitrogens with one attached hydrogen (secondary N) is 3. The van der Waals surface area contributed by atoms with Crippen molar-refractivity contribution >= 4 is 29.1 Å². The number of halogens is 5. The number of fused-ring (bicyclic) bond motifs is 1. The van der Waals surface area contributed by atoms with E-state index in [0.717, 1.165) is 6.92 Å². The predicted molar refractivity (Wildman–Crippen MR) is 101 cm³/mol. The molecule has 12 heteroatoms. The summed E-state index contributed by atoms with van der Waals surface area (Å²) in [6.07, 6.45) is -0.632. The third-order valence-corrected chi connectivity index (χ3v) is 4.54. The number of benzene rings is 1. The molecule has 0 saturated heterocycles. The number of hydrogen-bond donors (Lipinski definition) is 3. The van der Waals surface area contributed by atoms with E-state index in [-0.39, 0.29) is 13.1 Å². The second kappa shape index (κ2) is 9.20. The minimum absolute atomic E-state index is 0.0563. The number of carbonyl (C=O) groups excluding carboxylic acids is 3. The molecule has 2 atom stereocenters. The van der Waals surface area contributed by atoms with Crippen LogP contribution < -0.4 is 20.9 Å². The molecule has 3 amide bonds. The van der Waals surface area contributed by atoms with Gasteiger partial charge in [-0.1, -0.05) is 12.1 Å². The highest BCUT2D eigenvalue weighted by molar-refractivity contribution is 6.07. The van der Waals surface area contributed by atoms with Crippen LogP contribution in [0.1, 0.15) is 6.92 Å². The highest BCUT2D eigenvalue weighted by Crippen LogP contribution is 2.34. The lowest BCUT2D eigenvalue weighted by Gasteiger charge is -2.25. The lowest BCUT2D eigenvalue weighted by Crippen LogP contribution is -2.52. The van der Waals surface area contributed by atoms with Gasteiger partial charge in [-0.3, -0.25) is 19.3 Å². The van der Waals surface area contributed by atoms with Crippen molar-refractivity contribution in [3.8, 4) is 12.3 Å². The summed E-state index contributed by atoms with van der Waals surface area (Å²) in [6.45, 7) is -0.853. The van der Waals surface area contributed by atoms with Gasteiger partial charge in [0.15, 0.2) is 0 Å². The van der Waals surface area contributed by atoms with E-state index in [1.165, 1.54) is 10.2 Å². The zero-order valence-electron chi connectivity index (χ0n) is 16.2. The first-order valence-corrected chi connectivity index (χ1v) is 9.01. The minimum Gasteiger partial charge on any atom is -0.381 e. The van der Waals surface area contributed by atoms with Gasteiger partial charge in [0.05, 0.1) is 24.0 Å². The summed E-state index contributed by atoms with van der Waals surface area (Å²) in [5.74, 6) is -7.61. The van der Waals surface area contributed by atoms with E-state index in [2.05, 4.69) is 10.6 Å². The van der Waals surface area contributed by atoms with Crippen molar-refractivity contribution in [2.24, 2.45) is 5.92 Å². The van der Waals surface area contributed by atoms with Gasteiger partial charge in [-0.05, 0) is 25.0 Å². The topological polar surface area (TPSA) is 90.5 Å². The summed E-state index contributed by atoms with van der Waals surface area (Å²) >= 11 is 0. The van der Waals surface area contributed by atoms with Crippen LogP contribution in [-0.4, -0.2) is 55.5 Å². The number of terminal acetylenes is 1. The van der Waals surface area contributed by atoms with Crippen LogP contribution in [0.15, 0.2) is 24.3 Å². The van der Waals surface area contributed by atoms with Gasteiger partial charge >= 0.3 is 18.0 Å². The number of carbonyl (C=O) groups is 3. The zero-order chi connectivity index (χ0) is 23.4. The molecule has 1 aromatic carbocycles. The Balaban J connectivity index is 2.03. The summed E-state index contributed by atoms with van der Waals surface area (Å²) < 4.78 is 62.5. The molecule has 168 valence electrons. The number of rotatable bonds is 5. The van der Waals surface area contributed by atoms with Gasteiger partial charge in [-0.2, -0.15) is 22.0 Å². The maximum Gasteiger partial charge on any atom is 0.455 e. The molecule has 0 aromatic heterocycles. The molecule has 2 rings (SSSR count). The maximum absolute atomic E-state index is 13.0. The standard InChI is InChI=1S/C19H19F5N4O3/c1-3-15(29)28-9-12(8-25-13-6-4-5-7-14(13)28)27-17(31)11(2)16(30)26-10-18(20,21)19(22,23)24/h1,4-7,11-12,25H,8-10H2,2H3,(H,26,30)(H,27,31)/t11?,12-/m0/s1. The number of nitrogens with zero attached hydrogens (tertiary/aromatic N) is 1. The van der Waals surface area contributed by atoms with Crippen LogP contribution >= 0.6 is 0 Å². The molecule has 7 nitrogen and oxygen atoms in total. The molecule has 1 heterocycles. The van der Waals surface area contributed by atoms with Gasteiger partial charge in [0.25, 0.3) is 0 Å². The summed E-state index contributed by atoms with van der Waals surface area (Å²) in [5, 5.41) is 6.93. The molecule has 0 bridgehead atoms. The molecule has 1 aliphatic rings. The van der Waals surface area contributed by atoms with Crippen LogP contribution in [0.25, 0.3) is 0 Å². The Morgan fingerprint density at radius 2 is 1.87 bits per heavy atom. The van der Waals surface area contributed by atoms with Gasteiger partial charge in [-0.25, -0.2) is 0 Å². The zero-order valence-corrected chi connectivity index (χ0v) is 16.2. The Morgan fingerprint density at radius 1 is 1.23 bits per heavy atom. The molecule has 1 aliphatic heterocycles. The molecule has 0 saturated carbocycles. The Hall–Kier alpha value is -3.36. The first-order valence-electron chi connectivity index (χ1n) is 9.01. The lowest BCUT2D eigenvalue weighted by atomic mass is 10.1. The second-order valence-corrected chi connectivity index (χ2v) is 6.81. The first kappa shape index (κ1) is 23.9. The van der Waals surface area contributed by atoms with Crippen molar-refractivity contribution in [2.45, 2.75) is 25.1 Å². The van der Waals surface area contributed by atoms with Gasteiger partial charge in [-0.15, -0.1) is 6.42 Å².